The summed E-state index contributed by atoms with van der Waals surface area (Å²) in [6.07, 6.45) is 3.18. The topological polar surface area (TPSA) is 37.8 Å². The first-order chi connectivity index (χ1) is 9.54. The zero-order valence-corrected chi connectivity index (χ0v) is 12.9. The molecule has 1 aromatic heterocycles. The molecule has 0 saturated heterocycles. The molecule has 3 nitrogen and oxygen atoms in total. The predicted octanol–water partition coefficient (Wildman–Crippen LogP) is 3.94. The van der Waals surface area contributed by atoms with Gasteiger partial charge in [-0.2, -0.15) is 0 Å². The maximum atomic E-state index is 12.6. The molecule has 20 heavy (non-hydrogen) atoms. The van der Waals surface area contributed by atoms with Gasteiger partial charge in [-0.3, -0.25) is 9.89 Å². The maximum absolute atomic E-state index is 12.6. The van der Waals surface area contributed by atoms with Gasteiger partial charge in [-0.05, 0) is 37.8 Å². The highest BCUT2D eigenvalue weighted by Gasteiger charge is 2.17. The number of aromatic nitrogens is 2. The van der Waals surface area contributed by atoms with E-state index in [1.807, 2.05) is 31.2 Å². The third-order valence-electron chi connectivity index (χ3n) is 3.66. The molecule has 0 aliphatic heterocycles. The van der Waals surface area contributed by atoms with Crippen molar-refractivity contribution in [3.8, 4) is 5.69 Å². The van der Waals surface area contributed by atoms with E-state index in [0.29, 0.717) is 0 Å². The number of aromatic amines is 1. The molecule has 0 atom stereocenters. The zero-order valence-electron chi connectivity index (χ0n) is 12.9. The van der Waals surface area contributed by atoms with Gasteiger partial charge in [0.2, 0.25) is 0 Å². The van der Waals surface area contributed by atoms with E-state index in [0.717, 1.165) is 36.2 Å². The molecule has 2 rings (SSSR count). The van der Waals surface area contributed by atoms with Gasteiger partial charge in [-0.1, -0.05) is 44.9 Å². The van der Waals surface area contributed by atoms with E-state index in [1.54, 1.807) is 4.68 Å². The summed E-state index contributed by atoms with van der Waals surface area (Å²) in [4.78, 5) is 12.6. The monoisotopic (exact) mass is 272 g/mol. The molecule has 1 N–H and O–H groups in total. The summed E-state index contributed by atoms with van der Waals surface area (Å²) in [7, 11) is 0. The normalized spacial score (nSPS) is 11.2. The Morgan fingerprint density at radius 1 is 1.20 bits per heavy atom. The number of aryl methyl sites for hydroxylation is 2. The Kier molecular flexibility index (Phi) is 4.48. The minimum atomic E-state index is 0.0926. The van der Waals surface area contributed by atoms with Crippen molar-refractivity contribution in [2.75, 3.05) is 0 Å². The van der Waals surface area contributed by atoms with Gasteiger partial charge < -0.3 is 0 Å². The molecule has 0 saturated carbocycles. The Morgan fingerprint density at radius 2 is 1.85 bits per heavy atom. The van der Waals surface area contributed by atoms with Crippen molar-refractivity contribution in [1.29, 1.82) is 0 Å². The van der Waals surface area contributed by atoms with Gasteiger partial charge >= 0.3 is 0 Å². The Bertz CT molecular complexity index is 617. The van der Waals surface area contributed by atoms with Gasteiger partial charge in [0.15, 0.2) is 0 Å². The molecule has 1 aromatic carbocycles. The van der Waals surface area contributed by atoms with Crippen molar-refractivity contribution < 1.29 is 0 Å². The van der Waals surface area contributed by atoms with Crippen LogP contribution in [-0.4, -0.2) is 9.78 Å². The highest BCUT2D eigenvalue weighted by Crippen LogP contribution is 2.18. The minimum Gasteiger partial charge on any atom is -0.295 e. The van der Waals surface area contributed by atoms with Crippen LogP contribution in [-0.2, 0) is 6.42 Å². The van der Waals surface area contributed by atoms with E-state index >= 15 is 0 Å². The van der Waals surface area contributed by atoms with Crippen molar-refractivity contribution in [3.05, 3.63) is 51.4 Å². The fraction of sp³-hybridized carbons (Fsp3) is 0.471. The van der Waals surface area contributed by atoms with Crippen LogP contribution in [0.2, 0.25) is 0 Å². The van der Waals surface area contributed by atoms with Crippen molar-refractivity contribution in [3.63, 3.8) is 0 Å². The van der Waals surface area contributed by atoms with E-state index < -0.39 is 0 Å². The second-order valence-corrected chi connectivity index (χ2v) is 5.74. The number of benzene rings is 1. The summed E-state index contributed by atoms with van der Waals surface area (Å²) in [5.41, 5.74) is 4.22. The molecule has 108 valence electrons. The first-order valence-electron chi connectivity index (χ1n) is 7.45. The Balaban J connectivity index is 2.49. The van der Waals surface area contributed by atoms with E-state index in [4.69, 9.17) is 0 Å². The van der Waals surface area contributed by atoms with Gasteiger partial charge in [-0.25, -0.2) is 4.68 Å². The fourth-order valence-electron chi connectivity index (χ4n) is 2.51. The largest absolute Gasteiger partial charge is 0.295 e. The molecule has 0 amide bonds. The highest BCUT2D eigenvalue weighted by molar-refractivity contribution is 5.36. The van der Waals surface area contributed by atoms with E-state index in [9.17, 15) is 4.79 Å². The lowest BCUT2D eigenvalue weighted by atomic mass is 10.0. The van der Waals surface area contributed by atoms with Crippen molar-refractivity contribution >= 4 is 0 Å². The number of rotatable bonds is 5. The van der Waals surface area contributed by atoms with Crippen molar-refractivity contribution in [2.45, 2.75) is 52.9 Å². The molecule has 0 fully saturated rings. The summed E-state index contributed by atoms with van der Waals surface area (Å²) >= 11 is 0. The Hall–Kier alpha value is -1.77. The number of H-pyrrole nitrogens is 1. The average molecular weight is 272 g/mol. The van der Waals surface area contributed by atoms with Crippen LogP contribution >= 0.6 is 0 Å². The van der Waals surface area contributed by atoms with Crippen LogP contribution in [0.15, 0.2) is 29.1 Å². The summed E-state index contributed by atoms with van der Waals surface area (Å²) in [5.74, 6) is 0.248. The second-order valence-electron chi connectivity index (χ2n) is 5.74. The van der Waals surface area contributed by atoms with Crippen LogP contribution in [0.5, 0.6) is 0 Å². The Labute approximate surface area is 120 Å². The van der Waals surface area contributed by atoms with Crippen LogP contribution in [0.3, 0.4) is 0 Å². The summed E-state index contributed by atoms with van der Waals surface area (Å²) in [5, 5.41) is 3.31. The number of hydrogen-bond donors (Lipinski definition) is 1. The summed E-state index contributed by atoms with van der Waals surface area (Å²) in [6, 6.07) is 8.04. The first-order valence-corrected chi connectivity index (χ1v) is 7.45. The van der Waals surface area contributed by atoms with Crippen LogP contribution in [0.1, 0.15) is 56.4 Å². The van der Waals surface area contributed by atoms with Crippen LogP contribution < -0.4 is 5.56 Å². The van der Waals surface area contributed by atoms with Crippen LogP contribution in [0.4, 0.5) is 0 Å². The van der Waals surface area contributed by atoms with E-state index in [1.165, 1.54) is 5.56 Å². The molecular weight excluding hydrogens is 248 g/mol. The Morgan fingerprint density at radius 3 is 2.40 bits per heavy atom. The molecule has 0 unspecified atom stereocenters. The molecule has 0 aliphatic rings. The summed E-state index contributed by atoms with van der Waals surface area (Å²) < 4.78 is 1.68. The van der Waals surface area contributed by atoms with Gasteiger partial charge in [0.05, 0.1) is 5.69 Å². The number of unbranched alkanes of at least 4 members (excludes halogenated alkanes) is 1. The van der Waals surface area contributed by atoms with Crippen molar-refractivity contribution in [2.24, 2.45) is 0 Å². The molecule has 2 aromatic rings. The van der Waals surface area contributed by atoms with Gasteiger partial charge in [0.1, 0.15) is 0 Å². The second kappa shape index (κ2) is 6.12. The van der Waals surface area contributed by atoms with Gasteiger partial charge in [-0.15, -0.1) is 0 Å². The maximum Gasteiger partial charge on any atom is 0.274 e. The highest BCUT2D eigenvalue weighted by atomic mass is 16.1. The van der Waals surface area contributed by atoms with Crippen LogP contribution in [0.25, 0.3) is 5.69 Å². The standard InChI is InChI=1S/C17H24N2O/c1-5-6-7-15-16(12(2)3)17(20)19(18-15)14-10-8-13(4)9-11-14/h8-12,18H,5-7H2,1-4H3. The SMILES string of the molecule is CCCCc1[nH]n(-c2ccc(C)cc2)c(=O)c1C(C)C. The molecule has 0 aliphatic carbocycles. The number of hydrogen-bond acceptors (Lipinski definition) is 1. The van der Waals surface area contributed by atoms with Crippen molar-refractivity contribution in [1.82, 2.24) is 9.78 Å². The lowest BCUT2D eigenvalue weighted by Crippen LogP contribution is -2.18. The fourth-order valence-corrected chi connectivity index (χ4v) is 2.51. The number of nitrogens with one attached hydrogen (secondary N) is 1. The molecule has 0 spiro atoms. The smallest absolute Gasteiger partial charge is 0.274 e. The minimum absolute atomic E-state index is 0.0926. The lowest BCUT2D eigenvalue weighted by molar-refractivity contribution is 0.738. The molecule has 1 heterocycles. The molecule has 3 heteroatoms. The summed E-state index contributed by atoms with van der Waals surface area (Å²) in [6.45, 7) is 8.39. The van der Waals surface area contributed by atoms with E-state index in [-0.39, 0.29) is 11.5 Å². The quantitative estimate of drug-likeness (QED) is 0.879. The van der Waals surface area contributed by atoms with Crippen LogP contribution in [0, 0.1) is 6.92 Å². The molecule has 0 radical (unpaired) electrons. The first kappa shape index (κ1) is 14.6. The third kappa shape index (κ3) is 2.87. The van der Waals surface area contributed by atoms with Gasteiger partial charge in [0, 0.05) is 11.3 Å². The van der Waals surface area contributed by atoms with E-state index in [2.05, 4.69) is 25.9 Å². The lowest BCUT2D eigenvalue weighted by Gasteiger charge is -2.03. The predicted molar refractivity (Wildman–Crippen MR) is 83.8 cm³/mol. The zero-order chi connectivity index (χ0) is 14.7. The average Bonchev–Trinajstić information content (AvgIpc) is 2.74. The molecule has 0 bridgehead atoms. The molecular formula is C17H24N2O. The number of nitrogens with zero attached hydrogens (tertiary/aromatic N) is 1. The third-order valence-corrected chi connectivity index (χ3v) is 3.66. The van der Waals surface area contributed by atoms with Gasteiger partial charge in [0.25, 0.3) is 5.56 Å².